The van der Waals surface area contributed by atoms with Crippen LogP contribution in [-0.2, 0) is 5.41 Å². The average molecular weight is 472 g/mol. The molecule has 2 atom stereocenters. The van der Waals surface area contributed by atoms with Gasteiger partial charge in [0.1, 0.15) is 11.4 Å². The maximum atomic E-state index is 14.4. The largest absolute Gasteiger partial charge is 0.464 e. The number of aliphatic hydroxyl groups is 1. The number of hydrogen-bond donors (Lipinski definition) is 2. The molecule has 0 amide bonds. The number of halogens is 4. The van der Waals surface area contributed by atoms with Gasteiger partial charge in [0.2, 0.25) is 0 Å². The number of hydrogen-bond acceptors (Lipinski definition) is 4. The van der Waals surface area contributed by atoms with Gasteiger partial charge in [-0.3, -0.25) is 4.98 Å². The topological polar surface area (TPSA) is 58.3 Å². The van der Waals surface area contributed by atoms with E-state index in [-0.39, 0.29) is 6.54 Å². The van der Waals surface area contributed by atoms with Crippen molar-refractivity contribution in [2.45, 2.75) is 50.3 Å². The highest BCUT2D eigenvalue weighted by Gasteiger charge is 2.63. The smallest absolute Gasteiger partial charge is 0.417 e. The fourth-order valence-electron chi connectivity index (χ4n) is 5.42. The molecular weight excluding hydrogens is 448 g/mol. The van der Waals surface area contributed by atoms with Crippen molar-refractivity contribution >= 4 is 27.6 Å². The Morgan fingerprint density at radius 3 is 2.65 bits per heavy atom. The molecule has 2 N–H and O–H groups in total. The number of aromatic nitrogens is 1. The van der Waals surface area contributed by atoms with Crippen LogP contribution >= 0.6 is 0 Å². The Balaban J connectivity index is 1.64. The van der Waals surface area contributed by atoms with E-state index in [0.29, 0.717) is 39.0 Å². The number of pyridine rings is 1. The average Bonchev–Trinajstić information content (AvgIpc) is 3.19. The first-order chi connectivity index (χ1) is 15.9. The maximum Gasteiger partial charge on any atom is 0.417 e. The van der Waals surface area contributed by atoms with E-state index < -0.39 is 35.3 Å². The fourth-order valence-corrected chi connectivity index (χ4v) is 5.42. The summed E-state index contributed by atoms with van der Waals surface area (Å²) in [7, 11) is 0. The van der Waals surface area contributed by atoms with Gasteiger partial charge in [0.05, 0.1) is 11.8 Å². The third-order valence-electron chi connectivity index (χ3n) is 6.89. The van der Waals surface area contributed by atoms with Crippen molar-refractivity contribution in [3.05, 3.63) is 71.4 Å². The van der Waals surface area contributed by atoms with E-state index >= 15 is 0 Å². The van der Waals surface area contributed by atoms with E-state index in [9.17, 15) is 22.7 Å². The molecule has 0 bridgehead atoms. The van der Waals surface area contributed by atoms with Gasteiger partial charge in [-0.15, -0.1) is 0 Å². The molecule has 0 spiro atoms. The van der Waals surface area contributed by atoms with Crippen LogP contribution in [0.2, 0.25) is 0 Å². The van der Waals surface area contributed by atoms with Crippen LogP contribution in [0.15, 0.2) is 53.1 Å². The highest BCUT2D eigenvalue weighted by atomic mass is 19.4. The van der Waals surface area contributed by atoms with Crippen LogP contribution in [0.3, 0.4) is 0 Å². The molecule has 0 saturated carbocycles. The Bertz CT molecular complexity index is 1400. The van der Waals surface area contributed by atoms with Crippen LogP contribution in [0.1, 0.15) is 43.0 Å². The van der Waals surface area contributed by atoms with Gasteiger partial charge in [0.15, 0.2) is 5.60 Å². The molecule has 8 heteroatoms. The highest BCUT2D eigenvalue weighted by molar-refractivity contribution is 5.91. The molecule has 1 aliphatic carbocycles. The molecule has 4 aromatic rings. The van der Waals surface area contributed by atoms with E-state index in [0.717, 1.165) is 5.39 Å². The molecule has 2 unspecified atom stereocenters. The number of rotatable bonds is 3. The number of alkyl halides is 3. The first kappa shape index (κ1) is 22.7. The molecule has 34 heavy (non-hydrogen) atoms. The summed E-state index contributed by atoms with van der Waals surface area (Å²) in [4.78, 5) is 4.32. The maximum absolute atomic E-state index is 14.4. The minimum Gasteiger partial charge on any atom is -0.464 e. The minimum atomic E-state index is -4.88. The number of nitrogens with zero attached hydrogens (tertiary/aromatic N) is 1. The predicted octanol–water partition coefficient (Wildman–Crippen LogP) is 6.60. The predicted molar refractivity (Wildman–Crippen MR) is 123 cm³/mol. The molecule has 0 fully saturated rings. The van der Waals surface area contributed by atoms with Gasteiger partial charge >= 0.3 is 6.18 Å². The van der Waals surface area contributed by atoms with Crippen LogP contribution in [0.25, 0.3) is 21.9 Å². The Morgan fingerprint density at radius 2 is 1.91 bits per heavy atom. The van der Waals surface area contributed by atoms with Gasteiger partial charge in [-0.25, -0.2) is 4.39 Å². The second-order valence-corrected chi connectivity index (χ2v) is 9.76. The Labute approximate surface area is 193 Å². The van der Waals surface area contributed by atoms with Crippen LogP contribution in [0.4, 0.5) is 23.2 Å². The first-order valence-electron chi connectivity index (χ1n) is 11.0. The summed E-state index contributed by atoms with van der Waals surface area (Å²) >= 11 is 0. The zero-order valence-electron chi connectivity index (χ0n) is 18.9. The van der Waals surface area contributed by atoms with E-state index in [2.05, 4.69) is 10.3 Å². The zero-order chi connectivity index (χ0) is 24.5. The normalized spacial score (nSPS) is 22.2. The second kappa shape index (κ2) is 7.43. The molecule has 5 rings (SSSR count). The summed E-state index contributed by atoms with van der Waals surface area (Å²) in [5.41, 5.74) is -1.05. The molecule has 2 aromatic carbocycles. The lowest BCUT2D eigenvalue weighted by Crippen LogP contribution is -2.58. The van der Waals surface area contributed by atoms with Gasteiger partial charge in [-0.1, -0.05) is 26.0 Å². The summed E-state index contributed by atoms with van der Waals surface area (Å²) in [5.74, 6) is -1.90. The van der Waals surface area contributed by atoms with Gasteiger partial charge in [-0.2, -0.15) is 13.2 Å². The van der Waals surface area contributed by atoms with Crippen molar-refractivity contribution in [2.75, 3.05) is 11.9 Å². The number of benzene rings is 2. The van der Waals surface area contributed by atoms with Crippen molar-refractivity contribution in [1.29, 1.82) is 0 Å². The second-order valence-electron chi connectivity index (χ2n) is 9.76. The van der Waals surface area contributed by atoms with E-state index in [1.807, 2.05) is 0 Å². The molecule has 2 heterocycles. The van der Waals surface area contributed by atoms with Crippen molar-refractivity contribution in [1.82, 2.24) is 4.98 Å². The van der Waals surface area contributed by atoms with Gasteiger partial charge in [-0.05, 0) is 48.6 Å². The molecule has 0 saturated heterocycles. The summed E-state index contributed by atoms with van der Waals surface area (Å²) in [6, 6.07) is 11.1. The van der Waals surface area contributed by atoms with Gasteiger partial charge < -0.3 is 14.8 Å². The molecular formula is C26H24F4N2O2. The summed E-state index contributed by atoms with van der Waals surface area (Å²) < 4.78 is 63.1. The molecule has 1 aliphatic rings. The number of nitrogens with one attached hydrogen (secondary N) is 1. The van der Waals surface area contributed by atoms with Crippen molar-refractivity contribution in [3.8, 4) is 0 Å². The number of furan rings is 1. The SMILES string of the molecule is Cc1ccc2c(NCC3c4ccc5ccoc5c4C(C)(C)CC3(O)C(F)(F)F)cc(F)cc2n1. The van der Waals surface area contributed by atoms with Gasteiger partial charge in [0.25, 0.3) is 0 Å². The van der Waals surface area contributed by atoms with Gasteiger partial charge in [0, 0.05) is 46.2 Å². The zero-order valence-corrected chi connectivity index (χ0v) is 18.9. The number of aryl methyl sites for hydroxylation is 1. The van der Waals surface area contributed by atoms with Crippen LogP contribution in [-0.4, -0.2) is 28.4 Å². The van der Waals surface area contributed by atoms with Crippen LogP contribution in [0.5, 0.6) is 0 Å². The highest BCUT2D eigenvalue weighted by Crippen LogP contribution is 2.55. The Kier molecular flexibility index (Phi) is 4.95. The molecule has 4 nitrogen and oxygen atoms in total. The lowest BCUT2D eigenvalue weighted by Gasteiger charge is -2.48. The fraction of sp³-hybridized carbons (Fsp3) is 0.346. The van der Waals surface area contributed by atoms with Crippen molar-refractivity contribution < 1.29 is 27.1 Å². The minimum absolute atomic E-state index is 0.266. The van der Waals surface area contributed by atoms with Crippen LogP contribution < -0.4 is 5.32 Å². The summed E-state index contributed by atoms with van der Waals surface area (Å²) in [6.45, 7) is 4.87. The lowest BCUT2D eigenvalue weighted by molar-refractivity contribution is -0.277. The monoisotopic (exact) mass is 472 g/mol. The molecule has 0 radical (unpaired) electrons. The van der Waals surface area contributed by atoms with E-state index in [1.165, 1.54) is 18.4 Å². The standard InChI is InChI=1S/C26H24F4N2O2/c1-14-4-6-18-20(10-16(27)11-21(18)32-14)31-12-19-17-7-5-15-8-9-34-23(15)22(17)24(2,3)13-25(19,33)26(28,29)30/h4-11,19,31,33H,12-13H2,1-3H3. The lowest BCUT2D eigenvalue weighted by atomic mass is 9.60. The molecule has 178 valence electrons. The summed E-state index contributed by atoms with van der Waals surface area (Å²) in [5, 5.41) is 15.5. The Morgan fingerprint density at radius 1 is 1.15 bits per heavy atom. The number of fused-ring (bicyclic) bond motifs is 4. The van der Waals surface area contributed by atoms with Crippen LogP contribution in [0, 0.1) is 12.7 Å². The summed E-state index contributed by atoms with van der Waals surface area (Å²) in [6.07, 6.45) is -3.91. The van der Waals surface area contributed by atoms with E-state index in [1.54, 1.807) is 51.1 Å². The third kappa shape index (κ3) is 3.43. The van der Waals surface area contributed by atoms with Crippen molar-refractivity contribution in [3.63, 3.8) is 0 Å². The quantitative estimate of drug-likeness (QED) is 0.330. The Hall–Kier alpha value is -3.13. The number of anilines is 1. The molecule has 2 aromatic heterocycles. The first-order valence-corrected chi connectivity index (χ1v) is 11.0. The molecule has 0 aliphatic heterocycles. The third-order valence-corrected chi connectivity index (χ3v) is 6.89. The van der Waals surface area contributed by atoms with Crippen molar-refractivity contribution in [2.24, 2.45) is 0 Å². The van der Waals surface area contributed by atoms with E-state index in [4.69, 9.17) is 4.42 Å².